The SMILES string of the molecule is O=C(N[C@H]1c2ccccc2C[C@H]1O)[C@H](Cc1ccccc1)C[C@H](O)CN1C(=O)[C@@H](Cc2ccccc2)C[C@@H]1Cc1ccc(O)cc1. The molecule has 0 radical (unpaired) electrons. The first-order valence-corrected chi connectivity index (χ1v) is 16.2. The minimum absolute atomic E-state index is 0.0152. The van der Waals surface area contributed by atoms with Crippen LogP contribution < -0.4 is 5.32 Å². The standard InChI is InChI=1S/C39H42N2O5/c42-33-17-15-28(16-18-33)21-32-22-31(20-27-11-5-2-6-12-27)39(46)41(32)25-34(43)23-30(19-26-9-3-1-4-10-26)38(45)40-37-35-14-8-7-13-29(35)24-36(37)44/h1-18,30-32,34,36-37,42-44H,19-25H2,(H,40,45)/t30-,31+,32+,34+,36-,37+/m1/s1. The summed E-state index contributed by atoms with van der Waals surface area (Å²) in [6, 6.07) is 33.9. The number of benzene rings is 4. The van der Waals surface area contributed by atoms with Gasteiger partial charge in [-0.05, 0) is 72.1 Å². The quantitative estimate of drug-likeness (QED) is 0.183. The number of carbonyl (C=O) groups is 2. The van der Waals surface area contributed by atoms with Crippen molar-refractivity contribution < 1.29 is 24.9 Å². The number of β-amino-alcohol motifs (C(OH)–C–C–N with tert-alkyl or cyclic N) is 1. The van der Waals surface area contributed by atoms with E-state index in [0.717, 1.165) is 27.8 Å². The Balaban J connectivity index is 1.19. The van der Waals surface area contributed by atoms with E-state index in [0.29, 0.717) is 32.1 Å². The Labute approximate surface area is 270 Å². The molecule has 1 saturated heterocycles. The van der Waals surface area contributed by atoms with Crippen LogP contribution in [-0.4, -0.2) is 56.8 Å². The molecule has 238 valence electrons. The van der Waals surface area contributed by atoms with Gasteiger partial charge in [-0.15, -0.1) is 0 Å². The number of carbonyl (C=O) groups excluding carboxylic acids is 2. The predicted molar refractivity (Wildman–Crippen MR) is 177 cm³/mol. The zero-order valence-corrected chi connectivity index (χ0v) is 25.9. The van der Waals surface area contributed by atoms with Gasteiger partial charge >= 0.3 is 0 Å². The maximum atomic E-state index is 13.9. The van der Waals surface area contributed by atoms with Crippen LogP contribution in [0.1, 0.15) is 46.7 Å². The fourth-order valence-corrected chi connectivity index (χ4v) is 7.21. The summed E-state index contributed by atoms with van der Waals surface area (Å²) in [6.45, 7) is 0.125. The summed E-state index contributed by atoms with van der Waals surface area (Å²) in [5, 5.41) is 35.2. The van der Waals surface area contributed by atoms with E-state index in [9.17, 15) is 24.9 Å². The van der Waals surface area contributed by atoms with Gasteiger partial charge in [0.25, 0.3) is 0 Å². The molecule has 6 atom stereocenters. The largest absolute Gasteiger partial charge is 0.508 e. The van der Waals surface area contributed by atoms with Crippen molar-refractivity contribution in [1.29, 1.82) is 0 Å². The zero-order chi connectivity index (χ0) is 32.0. The number of aromatic hydroxyl groups is 1. The van der Waals surface area contributed by atoms with E-state index >= 15 is 0 Å². The molecule has 1 heterocycles. The molecule has 1 aliphatic carbocycles. The Morgan fingerprint density at radius 1 is 0.826 bits per heavy atom. The van der Waals surface area contributed by atoms with E-state index in [2.05, 4.69) is 5.32 Å². The second-order valence-corrected chi connectivity index (χ2v) is 12.9. The Kier molecular flexibility index (Phi) is 9.81. The molecule has 46 heavy (non-hydrogen) atoms. The molecule has 0 aromatic heterocycles. The van der Waals surface area contributed by atoms with Gasteiger partial charge in [-0.3, -0.25) is 9.59 Å². The molecular weight excluding hydrogens is 576 g/mol. The molecule has 0 unspecified atom stereocenters. The van der Waals surface area contributed by atoms with Gasteiger partial charge in [-0.2, -0.15) is 0 Å². The van der Waals surface area contributed by atoms with E-state index in [4.69, 9.17) is 0 Å². The van der Waals surface area contributed by atoms with Gasteiger partial charge in [0.15, 0.2) is 0 Å². The number of likely N-dealkylation sites (tertiary alicyclic amines) is 1. The molecule has 2 amide bonds. The van der Waals surface area contributed by atoms with E-state index < -0.39 is 24.2 Å². The molecule has 1 fully saturated rings. The summed E-state index contributed by atoms with van der Waals surface area (Å²) in [4.78, 5) is 29.5. The van der Waals surface area contributed by atoms with Gasteiger partial charge in [0, 0.05) is 30.8 Å². The summed E-state index contributed by atoms with van der Waals surface area (Å²) in [7, 11) is 0. The van der Waals surface area contributed by atoms with Gasteiger partial charge in [0.05, 0.1) is 18.2 Å². The lowest BCUT2D eigenvalue weighted by Crippen LogP contribution is -2.43. The maximum Gasteiger partial charge on any atom is 0.226 e. The van der Waals surface area contributed by atoms with E-state index in [1.165, 1.54) is 0 Å². The topological polar surface area (TPSA) is 110 Å². The lowest BCUT2D eigenvalue weighted by atomic mass is 9.91. The number of amides is 2. The lowest BCUT2D eigenvalue weighted by Gasteiger charge is -2.29. The molecule has 4 aromatic carbocycles. The zero-order valence-electron chi connectivity index (χ0n) is 25.9. The molecule has 4 N–H and O–H groups in total. The molecular formula is C39H42N2O5. The van der Waals surface area contributed by atoms with Gasteiger partial charge in [0.1, 0.15) is 5.75 Å². The molecule has 4 aromatic rings. The monoisotopic (exact) mass is 618 g/mol. The van der Waals surface area contributed by atoms with Gasteiger partial charge < -0.3 is 25.5 Å². The number of nitrogens with one attached hydrogen (secondary N) is 1. The highest BCUT2D eigenvalue weighted by molar-refractivity contribution is 5.82. The highest BCUT2D eigenvalue weighted by Gasteiger charge is 2.41. The number of phenols is 1. The average molecular weight is 619 g/mol. The summed E-state index contributed by atoms with van der Waals surface area (Å²) >= 11 is 0. The minimum Gasteiger partial charge on any atom is -0.508 e. The second kappa shape index (κ2) is 14.3. The number of rotatable bonds is 12. The summed E-state index contributed by atoms with van der Waals surface area (Å²) in [5.74, 6) is -0.785. The molecule has 0 spiro atoms. The molecule has 2 aliphatic rings. The summed E-state index contributed by atoms with van der Waals surface area (Å²) in [6.07, 6.45) is 1.33. The van der Waals surface area contributed by atoms with Crippen LogP contribution in [0.4, 0.5) is 0 Å². The number of phenolic OH excluding ortho intramolecular Hbond substituents is 1. The van der Waals surface area contributed by atoms with Crippen molar-refractivity contribution in [3.63, 3.8) is 0 Å². The molecule has 7 nitrogen and oxygen atoms in total. The third-order valence-corrected chi connectivity index (χ3v) is 9.52. The van der Waals surface area contributed by atoms with E-state index in [-0.39, 0.29) is 42.5 Å². The van der Waals surface area contributed by atoms with Crippen LogP contribution in [0.2, 0.25) is 0 Å². The number of fused-ring (bicyclic) bond motifs is 1. The predicted octanol–water partition coefficient (Wildman–Crippen LogP) is 4.78. The fourth-order valence-electron chi connectivity index (χ4n) is 7.21. The van der Waals surface area contributed by atoms with Crippen molar-refractivity contribution in [3.8, 4) is 5.75 Å². The van der Waals surface area contributed by atoms with Gasteiger partial charge in [0.2, 0.25) is 11.8 Å². The van der Waals surface area contributed by atoms with Crippen molar-refractivity contribution in [2.24, 2.45) is 11.8 Å². The number of hydrogen-bond donors (Lipinski definition) is 4. The first-order chi connectivity index (χ1) is 22.3. The van der Waals surface area contributed by atoms with Crippen LogP contribution in [0.25, 0.3) is 0 Å². The Hall–Kier alpha value is -4.46. The van der Waals surface area contributed by atoms with Crippen molar-refractivity contribution >= 4 is 11.8 Å². The Morgan fingerprint density at radius 3 is 2.17 bits per heavy atom. The minimum atomic E-state index is -0.929. The molecule has 0 saturated carbocycles. The highest BCUT2D eigenvalue weighted by Crippen LogP contribution is 2.33. The van der Waals surface area contributed by atoms with Crippen LogP contribution in [0.5, 0.6) is 5.75 Å². The summed E-state index contributed by atoms with van der Waals surface area (Å²) < 4.78 is 0. The van der Waals surface area contributed by atoms with Crippen LogP contribution in [0.15, 0.2) is 109 Å². The molecule has 6 rings (SSSR count). The smallest absolute Gasteiger partial charge is 0.226 e. The first-order valence-electron chi connectivity index (χ1n) is 16.2. The third-order valence-electron chi connectivity index (χ3n) is 9.52. The van der Waals surface area contributed by atoms with Crippen LogP contribution >= 0.6 is 0 Å². The number of hydrogen-bond acceptors (Lipinski definition) is 5. The number of aliphatic hydroxyl groups is 2. The Bertz CT molecular complexity index is 1610. The number of aliphatic hydroxyl groups excluding tert-OH is 2. The molecule has 0 bridgehead atoms. The first kappa shape index (κ1) is 31.5. The van der Waals surface area contributed by atoms with Crippen molar-refractivity contribution in [1.82, 2.24) is 10.2 Å². The summed E-state index contributed by atoms with van der Waals surface area (Å²) in [5.41, 5.74) is 5.03. The van der Waals surface area contributed by atoms with Crippen molar-refractivity contribution in [3.05, 3.63) is 137 Å². The average Bonchev–Trinajstić information content (AvgIpc) is 3.53. The second-order valence-electron chi connectivity index (χ2n) is 12.9. The van der Waals surface area contributed by atoms with Crippen LogP contribution in [0, 0.1) is 11.8 Å². The fraction of sp³-hybridized carbons (Fsp3) is 0.333. The molecule has 1 aliphatic heterocycles. The normalized spacial score (nSPS) is 22.0. The van der Waals surface area contributed by atoms with Crippen molar-refractivity contribution in [2.75, 3.05) is 6.54 Å². The lowest BCUT2D eigenvalue weighted by molar-refractivity contribution is -0.133. The van der Waals surface area contributed by atoms with Gasteiger partial charge in [-0.25, -0.2) is 0 Å². The molecule has 7 heteroatoms. The maximum absolute atomic E-state index is 13.9. The number of nitrogens with zero attached hydrogens (tertiary/aromatic N) is 1. The van der Waals surface area contributed by atoms with Gasteiger partial charge in [-0.1, -0.05) is 97.1 Å². The highest BCUT2D eigenvalue weighted by atomic mass is 16.3. The van der Waals surface area contributed by atoms with E-state index in [1.54, 1.807) is 17.0 Å². The Morgan fingerprint density at radius 2 is 1.46 bits per heavy atom. The van der Waals surface area contributed by atoms with E-state index in [1.807, 2.05) is 97.1 Å². The van der Waals surface area contributed by atoms with Crippen molar-refractivity contribution in [2.45, 2.75) is 62.8 Å². The van der Waals surface area contributed by atoms with Crippen LogP contribution in [0.3, 0.4) is 0 Å². The third kappa shape index (κ3) is 7.49. The van der Waals surface area contributed by atoms with Crippen LogP contribution in [-0.2, 0) is 35.3 Å².